The van der Waals surface area contributed by atoms with Gasteiger partial charge in [-0.05, 0) is 48.5 Å². The number of rotatable bonds is 8. The summed E-state index contributed by atoms with van der Waals surface area (Å²) in [6.45, 7) is 0. The summed E-state index contributed by atoms with van der Waals surface area (Å²) in [5, 5.41) is 5.83. The van der Waals surface area contributed by atoms with E-state index in [1.807, 2.05) is 109 Å². The van der Waals surface area contributed by atoms with Gasteiger partial charge in [0.2, 0.25) is 0 Å². The van der Waals surface area contributed by atoms with Crippen LogP contribution in [0.5, 0.6) is 0 Å². The highest BCUT2D eigenvalue weighted by molar-refractivity contribution is 6.26. The van der Waals surface area contributed by atoms with E-state index in [-0.39, 0.29) is 28.3 Å². The molecule has 9 nitrogen and oxygen atoms in total. The molecule has 15 rings (SSSR count). The van der Waals surface area contributed by atoms with E-state index in [4.69, 9.17) is 43.0 Å². The van der Waals surface area contributed by atoms with E-state index in [0.717, 1.165) is 82.4 Å². The maximum absolute atomic E-state index is 9.03. The molecule has 0 aliphatic heterocycles. The standard InChI is InChI=1S/C66H40N8O/c1-5-20-41(21-6-1)61-67-62(42-22-7-2-8-23-42)70-65(69-61)45-36-38-54(51(40-45)66-71-63(43-24-9-3-10-25-43)68-64(72-66)44-26-11-4-12-27-44)74-52-32-16-13-28-46(52)48-37-39-55-58(59(48)74)50-30-14-17-33-53(50)73(55)56-34-19-31-49-47-29-15-18-35-57(47)75-60(49)56/h1-40H/i1D,2D,5D,6D,7D,8D,20D,21D,22D,23D. The number of hydrogen-bond donors (Lipinski definition) is 0. The van der Waals surface area contributed by atoms with Crippen LogP contribution in [0.2, 0.25) is 0 Å². The molecule has 0 amide bonds. The molecule has 0 spiro atoms. The van der Waals surface area contributed by atoms with Gasteiger partial charge < -0.3 is 13.6 Å². The van der Waals surface area contributed by atoms with Gasteiger partial charge in [0.1, 0.15) is 5.58 Å². The second kappa shape index (κ2) is 17.1. The van der Waals surface area contributed by atoms with Crippen molar-refractivity contribution in [2.24, 2.45) is 0 Å². The molecule has 350 valence electrons. The molecule has 15 aromatic rings. The van der Waals surface area contributed by atoms with Gasteiger partial charge in [0.05, 0.1) is 47.1 Å². The van der Waals surface area contributed by atoms with Crippen LogP contribution in [0, 0.1) is 0 Å². The largest absolute Gasteiger partial charge is 0.454 e. The third kappa shape index (κ3) is 6.94. The van der Waals surface area contributed by atoms with Crippen LogP contribution in [0.1, 0.15) is 13.7 Å². The van der Waals surface area contributed by atoms with Crippen LogP contribution in [0.15, 0.2) is 247 Å². The van der Waals surface area contributed by atoms with Crippen molar-refractivity contribution in [3.05, 3.63) is 242 Å². The summed E-state index contributed by atoms with van der Waals surface area (Å²) in [6.07, 6.45) is 0. The summed E-state index contributed by atoms with van der Waals surface area (Å²) in [5.74, 6) is 0.0753. The topological polar surface area (TPSA) is 100 Å². The van der Waals surface area contributed by atoms with Crippen molar-refractivity contribution in [2.45, 2.75) is 0 Å². The molecule has 0 fully saturated rings. The van der Waals surface area contributed by atoms with E-state index in [1.54, 1.807) is 12.1 Å². The molecule has 5 heterocycles. The van der Waals surface area contributed by atoms with E-state index >= 15 is 0 Å². The van der Waals surface area contributed by atoms with E-state index < -0.39 is 72.1 Å². The summed E-state index contributed by atoms with van der Waals surface area (Å²) in [6, 6.07) is 53.2. The molecular formula is C66H40N8O. The monoisotopic (exact) mass is 970 g/mol. The second-order valence-electron chi connectivity index (χ2n) is 17.9. The predicted octanol–water partition coefficient (Wildman–Crippen LogP) is 16.2. The fourth-order valence-electron chi connectivity index (χ4n) is 10.4. The number of benzene rings is 10. The fourth-order valence-corrected chi connectivity index (χ4v) is 10.4. The molecule has 0 atom stereocenters. The molecule has 0 saturated carbocycles. The highest BCUT2D eigenvalue weighted by Gasteiger charge is 2.26. The number of hydrogen-bond acceptors (Lipinski definition) is 7. The van der Waals surface area contributed by atoms with Gasteiger partial charge in [-0.25, -0.2) is 29.9 Å². The van der Waals surface area contributed by atoms with Crippen LogP contribution in [0.4, 0.5) is 0 Å². The minimum Gasteiger partial charge on any atom is -0.454 e. The van der Waals surface area contributed by atoms with Gasteiger partial charge in [-0.1, -0.05) is 194 Å². The Bertz CT molecular complexity index is 5140. The van der Waals surface area contributed by atoms with Crippen LogP contribution < -0.4 is 0 Å². The number of fused-ring (bicyclic) bond motifs is 10. The van der Waals surface area contributed by atoms with Gasteiger partial charge >= 0.3 is 0 Å². The molecule has 5 aromatic heterocycles. The summed E-state index contributed by atoms with van der Waals surface area (Å²) in [4.78, 5) is 29.9. The van der Waals surface area contributed by atoms with Crippen LogP contribution in [0.25, 0.3) is 145 Å². The lowest BCUT2D eigenvalue weighted by Crippen LogP contribution is -2.05. The van der Waals surface area contributed by atoms with E-state index in [1.165, 1.54) is 0 Å². The Hall–Kier alpha value is -10.4. The summed E-state index contributed by atoms with van der Waals surface area (Å²) < 4.78 is 98.5. The van der Waals surface area contributed by atoms with Crippen molar-refractivity contribution >= 4 is 65.6 Å². The summed E-state index contributed by atoms with van der Waals surface area (Å²) in [7, 11) is 0. The molecule has 10 aromatic carbocycles. The Kier molecular flexibility index (Phi) is 7.61. The zero-order chi connectivity index (χ0) is 58.1. The average molecular weight is 971 g/mol. The third-order valence-electron chi connectivity index (χ3n) is 13.6. The zero-order valence-corrected chi connectivity index (χ0v) is 39.3. The first-order valence-electron chi connectivity index (χ1n) is 29.1. The Morgan fingerprint density at radius 1 is 0.333 bits per heavy atom. The molecule has 0 bridgehead atoms. The molecule has 0 radical (unpaired) electrons. The fraction of sp³-hybridized carbons (Fsp3) is 0. The van der Waals surface area contributed by atoms with E-state index in [9.17, 15) is 0 Å². The van der Waals surface area contributed by atoms with Crippen molar-refractivity contribution < 1.29 is 18.1 Å². The molecular weight excluding hydrogens is 921 g/mol. The van der Waals surface area contributed by atoms with Crippen molar-refractivity contribution in [1.82, 2.24) is 39.0 Å². The average Bonchev–Trinajstić information content (AvgIpc) is 1.65. The normalized spacial score (nSPS) is 13.6. The molecule has 9 heteroatoms. The maximum atomic E-state index is 9.03. The van der Waals surface area contributed by atoms with E-state index in [2.05, 4.69) is 74.8 Å². The van der Waals surface area contributed by atoms with Gasteiger partial charge in [-0.3, -0.25) is 0 Å². The quantitative estimate of drug-likeness (QED) is 0.149. The minimum absolute atomic E-state index is 0.125. The van der Waals surface area contributed by atoms with Gasteiger partial charge in [0, 0.05) is 65.7 Å². The van der Waals surface area contributed by atoms with Crippen LogP contribution >= 0.6 is 0 Å². The SMILES string of the molecule is [2H]c1c([2H])c([2H])c(-c2nc(-c3ccc(-n4c5ccccc5c5ccc6c(c7ccccc7n6-c6cccc7c6oc6ccccc67)c54)c(-c4nc(-c5ccccc5)nc(-c5ccccc5)n4)c3)nc(-c3c([2H])c([2H])c([2H])c([2H])c3[2H])n2)c([2H])c1[2H]. The molecule has 75 heavy (non-hydrogen) atoms. The van der Waals surface area contributed by atoms with Gasteiger partial charge in [0.25, 0.3) is 0 Å². The van der Waals surface area contributed by atoms with Gasteiger partial charge in [-0.2, -0.15) is 0 Å². The first-order chi connectivity index (χ1) is 41.3. The first-order valence-corrected chi connectivity index (χ1v) is 24.1. The van der Waals surface area contributed by atoms with E-state index in [0.29, 0.717) is 22.9 Å². The van der Waals surface area contributed by atoms with Crippen molar-refractivity contribution in [3.8, 4) is 79.7 Å². The lowest BCUT2D eigenvalue weighted by atomic mass is 10.0. The lowest BCUT2D eigenvalue weighted by molar-refractivity contribution is 0.666. The smallest absolute Gasteiger partial charge is 0.166 e. The van der Waals surface area contributed by atoms with Crippen molar-refractivity contribution in [2.75, 3.05) is 0 Å². The van der Waals surface area contributed by atoms with Crippen LogP contribution in [0.3, 0.4) is 0 Å². The Morgan fingerprint density at radius 3 is 1.51 bits per heavy atom. The maximum Gasteiger partial charge on any atom is 0.166 e. The lowest BCUT2D eigenvalue weighted by Gasteiger charge is -2.17. The molecule has 0 aliphatic rings. The number of nitrogens with zero attached hydrogens (tertiary/aromatic N) is 8. The summed E-state index contributed by atoms with van der Waals surface area (Å²) >= 11 is 0. The zero-order valence-electron chi connectivity index (χ0n) is 49.3. The van der Waals surface area contributed by atoms with Crippen molar-refractivity contribution in [1.29, 1.82) is 0 Å². The van der Waals surface area contributed by atoms with Gasteiger partial charge in [-0.15, -0.1) is 0 Å². The second-order valence-corrected chi connectivity index (χ2v) is 17.9. The number of para-hydroxylation sites is 4. The Balaban J connectivity index is 1.07. The van der Waals surface area contributed by atoms with Crippen LogP contribution in [-0.2, 0) is 0 Å². The molecule has 0 saturated heterocycles. The first kappa shape index (κ1) is 33.3. The molecule has 0 aliphatic carbocycles. The van der Waals surface area contributed by atoms with Crippen LogP contribution in [-0.4, -0.2) is 39.0 Å². The van der Waals surface area contributed by atoms with Gasteiger partial charge in [0.15, 0.2) is 40.5 Å². The summed E-state index contributed by atoms with van der Waals surface area (Å²) in [5.41, 5.74) is 7.98. The predicted molar refractivity (Wildman–Crippen MR) is 302 cm³/mol. The minimum atomic E-state index is -0.651. The highest BCUT2D eigenvalue weighted by atomic mass is 16.3. The highest BCUT2D eigenvalue weighted by Crippen LogP contribution is 2.45. The molecule has 0 N–H and O–H groups in total. The Morgan fingerprint density at radius 2 is 0.853 bits per heavy atom. The third-order valence-corrected chi connectivity index (χ3v) is 13.6. The number of furan rings is 1. The number of aromatic nitrogens is 8. The Labute approximate surface area is 443 Å². The van der Waals surface area contributed by atoms with Crippen molar-refractivity contribution in [3.63, 3.8) is 0 Å². The molecule has 0 unspecified atom stereocenters.